The van der Waals surface area contributed by atoms with Gasteiger partial charge in [0.25, 0.3) is 15.9 Å². The molecule has 0 atom stereocenters. The van der Waals surface area contributed by atoms with Crippen molar-refractivity contribution in [3.8, 4) is 16.3 Å². The van der Waals surface area contributed by atoms with Crippen molar-refractivity contribution in [2.75, 3.05) is 30.2 Å². The molecule has 0 saturated carbocycles. The number of carbonyl (C=O) groups excluding carboxylic acids is 1. The van der Waals surface area contributed by atoms with Crippen LogP contribution < -0.4 is 14.8 Å². The Bertz CT molecular complexity index is 1820. The van der Waals surface area contributed by atoms with Gasteiger partial charge in [-0.3, -0.25) is 14.4 Å². The second-order valence-corrected chi connectivity index (χ2v) is 13.4. The number of thiazole rings is 1. The quantitative estimate of drug-likeness (QED) is 0.192. The zero-order chi connectivity index (χ0) is 28.6. The molecule has 0 bridgehead atoms. The van der Waals surface area contributed by atoms with Crippen molar-refractivity contribution in [3.05, 3.63) is 88.8 Å². The molecule has 0 aliphatic carbocycles. The molecule has 8 nitrogen and oxygen atoms in total. The average molecular weight is 641 g/mol. The first-order valence-corrected chi connectivity index (χ1v) is 16.3. The molecule has 3 aromatic carbocycles. The fourth-order valence-corrected chi connectivity index (χ4v) is 8.39. The third kappa shape index (κ3) is 5.88. The lowest BCUT2D eigenvalue weighted by molar-refractivity contribution is 0.102. The molecule has 0 fully saturated rings. The Labute approximate surface area is 258 Å². The minimum atomic E-state index is -3.94. The lowest BCUT2D eigenvalue weighted by Gasteiger charge is -2.25. The zero-order valence-corrected chi connectivity index (χ0v) is 26.2. The molecule has 1 aliphatic rings. The van der Waals surface area contributed by atoms with Crippen molar-refractivity contribution >= 4 is 71.9 Å². The first kappa shape index (κ1) is 30.0. The number of carbonyl (C=O) groups is 1. The van der Waals surface area contributed by atoms with Gasteiger partial charge in [-0.15, -0.1) is 35.1 Å². The SMILES string of the molecule is CCN1CCc2c(sc(NC(=O)c3ccccc3NS(=O)(=O)c3ccc(OC)cc3)c2-c2nc3ccccc3s2)C1.Cl. The number of aromatic nitrogens is 1. The Hall–Kier alpha value is -3.48. The number of halogens is 1. The van der Waals surface area contributed by atoms with Crippen LogP contribution in [0.1, 0.15) is 27.7 Å². The summed E-state index contributed by atoms with van der Waals surface area (Å²) in [6.07, 6.45) is 0.874. The fraction of sp³-hybridized carbons (Fsp3) is 0.200. The van der Waals surface area contributed by atoms with Gasteiger partial charge in [0.1, 0.15) is 15.8 Å². The molecule has 6 rings (SSSR count). The number of thiophene rings is 1. The number of amides is 1. The number of ether oxygens (including phenoxy) is 1. The Morgan fingerprint density at radius 1 is 1.02 bits per heavy atom. The second-order valence-electron chi connectivity index (χ2n) is 9.59. The third-order valence-corrected chi connectivity index (χ3v) is 10.7. The van der Waals surface area contributed by atoms with E-state index in [1.807, 2.05) is 18.2 Å². The number of benzene rings is 3. The van der Waals surface area contributed by atoms with Crippen LogP contribution in [0.15, 0.2) is 77.7 Å². The molecule has 218 valence electrons. The topological polar surface area (TPSA) is 101 Å². The number of para-hydroxylation sites is 2. The number of likely N-dealkylation sites (N-methyl/N-ethyl adjacent to an activating group) is 1. The molecule has 1 aliphatic heterocycles. The van der Waals surface area contributed by atoms with Gasteiger partial charge < -0.3 is 10.1 Å². The predicted molar refractivity (Wildman–Crippen MR) is 173 cm³/mol. The molecule has 2 N–H and O–H groups in total. The summed E-state index contributed by atoms with van der Waals surface area (Å²) in [5.74, 6) is 0.152. The van der Waals surface area contributed by atoms with Crippen molar-refractivity contribution < 1.29 is 17.9 Å². The van der Waals surface area contributed by atoms with Gasteiger partial charge in [0.2, 0.25) is 0 Å². The molecule has 42 heavy (non-hydrogen) atoms. The van der Waals surface area contributed by atoms with Crippen molar-refractivity contribution in [1.82, 2.24) is 9.88 Å². The Balaban J connectivity index is 0.00000353. The highest BCUT2D eigenvalue weighted by molar-refractivity contribution is 7.92. The van der Waals surface area contributed by atoms with Crippen molar-refractivity contribution in [3.63, 3.8) is 0 Å². The number of hydrogen-bond donors (Lipinski definition) is 2. The molecular weight excluding hydrogens is 612 g/mol. The summed E-state index contributed by atoms with van der Waals surface area (Å²) in [4.78, 5) is 22.3. The number of sulfonamides is 1. The Morgan fingerprint density at radius 2 is 1.76 bits per heavy atom. The lowest BCUT2D eigenvalue weighted by atomic mass is 10.0. The normalized spacial score (nSPS) is 13.3. The molecule has 0 spiro atoms. The van der Waals surface area contributed by atoms with Crippen LogP contribution in [0.25, 0.3) is 20.8 Å². The minimum absolute atomic E-state index is 0. The predicted octanol–water partition coefficient (Wildman–Crippen LogP) is 6.89. The summed E-state index contributed by atoms with van der Waals surface area (Å²) in [5.41, 5.74) is 3.53. The van der Waals surface area contributed by atoms with E-state index in [0.29, 0.717) is 5.75 Å². The molecule has 1 amide bonds. The van der Waals surface area contributed by atoms with E-state index in [4.69, 9.17) is 9.72 Å². The van der Waals surface area contributed by atoms with Gasteiger partial charge in [0.05, 0.1) is 33.5 Å². The summed E-state index contributed by atoms with van der Waals surface area (Å²) in [6, 6.07) is 20.7. The maximum Gasteiger partial charge on any atom is 0.261 e. The van der Waals surface area contributed by atoms with E-state index in [9.17, 15) is 13.2 Å². The number of anilines is 2. The van der Waals surface area contributed by atoms with Gasteiger partial charge in [-0.2, -0.15) is 0 Å². The Morgan fingerprint density at radius 3 is 2.50 bits per heavy atom. The highest BCUT2D eigenvalue weighted by atomic mass is 35.5. The third-order valence-electron chi connectivity index (χ3n) is 7.10. The van der Waals surface area contributed by atoms with E-state index in [2.05, 4.69) is 27.9 Å². The van der Waals surface area contributed by atoms with Crippen LogP contribution in [0.5, 0.6) is 5.75 Å². The lowest BCUT2D eigenvalue weighted by Crippen LogP contribution is -2.29. The average Bonchev–Trinajstić information content (AvgIpc) is 3.57. The molecule has 12 heteroatoms. The zero-order valence-electron chi connectivity index (χ0n) is 22.9. The number of fused-ring (bicyclic) bond motifs is 2. The summed E-state index contributed by atoms with van der Waals surface area (Å²) >= 11 is 3.18. The maximum absolute atomic E-state index is 13.7. The van der Waals surface area contributed by atoms with Crippen molar-refractivity contribution in [2.45, 2.75) is 24.8 Å². The highest BCUT2D eigenvalue weighted by Gasteiger charge is 2.28. The number of methoxy groups -OCH3 is 1. The standard InChI is InChI=1S/C30H28N4O4S3.ClH/c1-3-34-17-16-22-26(18-34)40-30(27(22)29-31-24-10-6-7-11-25(24)39-29)32-28(35)21-8-4-5-9-23(21)33-41(36,37)20-14-12-19(38-2)13-15-20;/h4-15,33H,3,16-18H2,1-2H3,(H,32,35);1H. The first-order valence-electron chi connectivity index (χ1n) is 13.2. The van der Waals surface area contributed by atoms with E-state index in [1.165, 1.54) is 29.7 Å². The van der Waals surface area contributed by atoms with Crippen LogP contribution in [0.2, 0.25) is 0 Å². The van der Waals surface area contributed by atoms with Gasteiger partial charge in [0.15, 0.2) is 0 Å². The van der Waals surface area contributed by atoms with Crippen LogP contribution in [0, 0.1) is 0 Å². The largest absolute Gasteiger partial charge is 0.497 e. The van der Waals surface area contributed by atoms with E-state index in [1.54, 1.807) is 59.1 Å². The van der Waals surface area contributed by atoms with Crippen molar-refractivity contribution in [2.24, 2.45) is 0 Å². The molecule has 3 heterocycles. The summed E-state index contributed by atoms with van der Waals surface area (Å²) < 4.78 is 35.1. The van der Waals surface area contributed by atoms with Gasteiger partial charge in [-0.1, -0.05) is 31.2 Å². The number of rotatable bonds is 8. The van der Waals surface area contributed by atoms with E-state index >= 15 is 0 Å². The monoisotopic (exact) mass is 640 g/mol. The smallest absolute Gasteiger partial charge is 0.261 e. The number of hydrogen-bond acceptors (Lipinski definition) is 8. The fourth-order valence-electron chi connectivity index (χ4n) is 4.92. The van der Waals surface area contributed by atoms with E-state index in [-0.39, 0.29) is 28.6 Å². The van der Waals surface area contributed by atoms with Crippen LogP contribution in [0.3, 0.4) is 0 Å². The van der Waals surface area contributed by atoms with Crippen molar-refractivity contribution in [1.29, 1.82) is 0 Å². The van der Waals surface area contributed by atoms with Gasteiger partial charge >= 0.3 is 0 Å². The van der Waals surface area contributed by atoms with Gasteiger partial charge in [-0.05, 0) is 67.1 Å². The number of nitrogens with one attached hydrogen (secondary N) is 2. The molecule has 2 aromatic heterocycles. The summed E-state index contributed by atoms with van der Waals surface area (Å²) in [5, 5.41) is 4.72. The molecule has 0 radical (unpaired) electrons. The van der Waals surface area contributed by atoms with Crippen LogP contribution in [-0.4, -0.2) is 44.4 Å². The van der Waals surface area contributed by atoms with Gasteiger partial charge in [-0.25, -0.2) is 13.4 Å². The summed E-state index contributed by atoms with van der Waals surface area (Å²) in [6.45, 7) is 4.88. The minimum Gasteiger partial charge on any atom is -0.497 e. The Kier molecular flexibility index (Phi) is 8.86. The molecule has 0 saturated heterocycles. The van der Waals surface area contributed by atoms with Crippen LogP contribution >= 0.6 is 35.1 Å². The van der Waals surface area contributed by atoms with Gasteiger partial charge in [0, 0.05) is 23.5 Å². The highest BCUT2D eigenvalue weighted by Crippen LogP contribution is 2.46. The molecule has 0 unspecified atom stereocenters. The summed E-state index contributed by atoms with van der Waals surface area (Å²) in [7, 11) is -2.42. The molecule has 5 aromatic rings. The first-order chi connectivity index (χ1) is 19.9. The van der Waals surface area contributed by atoms with E-state index < -0.39 is 15.9 Å². The van der Waals surface area contributed by atoms with E-state index in [0.717, 1.165) is 51.8 Å². The van der Waals surface area contributed by atoms with Crippen LogP contribution in [0.4, 0.5) is 10.7 Å². The number of nitrogens with zero attached hydrogens (tertiary/aromatic N) is 2. The molecular formula is C30H29ClN4O4S3. The second kappa shape index (κ2) is 12.4. The van der Waals surface area contributed by atoms with Crippen LogP contribution in [-0.2, 0) is 23.0 Å². The maximum atomic E-state index is 13.7.